The van der Waals surface area contributed by atoms with Crippen molar-refractivity contribution in [2.75, 3.05) is 0 Å². The average Bonchev–Trinajstić information content (AvgIpc) is 2.17. The summed E-state index contributed by atoms with van der Waals surface area (Å²) < 4.78 is 40.1. The minimum Gasteiger partial charge on any atom is -0.405 e. The Labute approximate surface area is 98.5 Å². The van der Waals surface area contributed by atoms with Crippen LogP contribution >= 0.6 is 15.9 Å². The summed E-state index contributed by atoms with van der Waals surface area (Å²) in [6.45, 7) is 0. The van der Waals surface area contributed by atoms with E-state index in [-0.39, 0.29) is 16.6 Å². The van der Waals surface area contributed by atoms with Gasteiger partial charge in [-0.05, 0) is 40.0 Å². The first-order valence-electron chi connectivity index (χ1n) is 4.40. The smallest absolute Gasteiger partial charge is 0.405 e. The Kier molecular flexibility index (Phi) is 4.35. The third-order valence-electron chi connectivity index (χ3n) is 1.77. The number of aldehydes is 1. The predicted molar refractivity (Wildman–Crippen MR) is 55.2 cm³/mol. The highest BCUT2D eigenvalue weighted by molar-refractivity contribution is 9.10. The number of aryl methyl sites for hydroxylation is 1. The molecule has 0 aliphatic carbocycles. The molecule has 6 heteroatoms. The number of rotatable bonds is 4. The van der Waals surface area contributed by atoms with E-state index in [0.29, 0.717) is 18.3 Å². The minimum absolute atomic E-state index is 0.222. The number of hydrogen-bond donors (Lipinski definition) is 0. The van der Waals surface area contributed by atoms with Crippen LogP contribution in [0.1, 0.15) is 12.0 Å². The second kappa shape index (κ2) is 5.34. The van der Waals surface area contributed by atoms with Gasteiger partial charge in [0.1, 0.15) is 12.0 Å². The van der Waals surface area contributed by atoms with Gasteiger partial charge in [-0.25, -0.2) is 0 Å². The van der Waals surface area contributed by atoms with Gasteiger partial charge in [0.15, 0.2) is 0 Å². The zero-order valence-electron chi connectivity index (χ0n) is 8.05. The van der Waals surface area contributed by atoms with Gasteiger partial charge < -0.3 is 9.53 Å². The maximum absolute atomic E-state index is 12.0. The first-order chi connectivity index (χ1) is 7.42. The van der Waals surface area contributed by atoms with E-state index in [1.165, 1.54) is 12.1 Å². The first kappa shape index (κ1) is 13.0. The Morgan fingerprint density at radius 1 is 1.38 bits per heavy atom. The van der Waals surface area contributed by atoms with Gasteiger partial charge >= 0.3 is 6.36 Å². The molecule has 0 bridgehead atoms. The Morgan fingerprint density at radius 3 is 2.62 bits per heavy atom. The molecule has 0 fully saturated rings. The van der Waals surface area contributed by atoms with Gasteiger partial charge in [-0.1, -0.05) is 6.07 Å². The molecular formula is C10H8BrF3O2. The van der Waals surface area contributed by atoms with Crippen LogP contribution in [-0.4, -0.2) is 12.6 Å². The predicted octanol–water partition coefficient (Wildman–Crippen LogP) is 3.48. The Balaban J connectivity index is 2.86. The summed E-state index contributed by atoms with van der Waals surface area (Å²) >= 11 is 2.96. The van der Waals surface area contributed by atoms with Crippen LogP contribution in [0.3, 0.4) is 0 Å². The van der Waals surface area contributed by atoms with E-state index in [2.05, 4.69) is 20.7 Å². The molecule has 0 radical (unpaired) electrons. The third kappa shape index (κ3) is 4.22. The molecule has 0 saturated carbocycles. The SMILES string of the molecule is O=CCCc1ccc(Br)c(OC(F)(F)F)c1. The van der Waals surface area contributed by atoms with Crippen LogP contribution in [0.4, 0.5) is 13.2 Å². The van der Waals surface area contributed by atoms with Crippen LogP contribution in [0.5, 0.6) is 5.75 Å². The van der Waals surface area contributed by atoms with Crippen LogP contribution in [0.25, 0.3) is 0 Å². The zero-order chi connectivity index (χ0) is 12.2. The molecule has 0 unspecified atom stereocenters. The highest BCUT2D eigenvalue weighted by atomic mass is 79.9. The summed E-state index contributed by atoms with van der Waals surface area (Å²) in [6, 6.07) is 4.36. The maximum atomic E-state index is 12.0. The Hall–Kier alpha value is -1.04. The number of halogens is 4. The molecule has 0 aliphatic heterocycles. The van der Waals surface area contributed by atoms with Crippen molar-refractivity contribution in [1.82, 2.24) is 0 Å². The monoisotopic (exact) mass is 296 g/mol. The first-order valence-corrected chi connectivity index (χ1v) is 5.19. The fourth-order valence-corrected chi connectivity index (χ4v) is 1.46. The summed E-state index contributed by atoms with van der Waals surface area (Å²) in [7, 11) is 0. The van der Waals surface area contributed by atoms with Gasteiger partial charge in [0.25, 0.3) is 0 Å². The molecule has 1 rings (SSSR count). The van der Waals surface area contributed by atoms with Crippen LogP contribution in [0, 0.1) is 0 Å². The van der Waals surface area contributed by atoms with Gasteiger partial charge in [0, 0.05) is 6.42 Å². The van der Waals surface area contributed by atoms with E-state index in [0.717, 1.165) is 0 Å². The highest BCUT2D eigenvalue weighted by Gasteiger charge is 2.31. The lowest BCUT2D eigenvalue weighted by molar-refractivity contribution is -0.274. The van der Waals surface area contributed by atoms with Gasteiger partial charge in [-0.2, -0.15) is 0 Å². The fourth-order valence-electron chi connectivity index (χ4n) is 1.13. The molecule has 1 aromatic rings. The van der Waals surface area contributed by atoms with Crippen molar-refractivity contribution in [3.05, 3.63) is 28.2 Å². The number of ether oxygens (including phenoxy) is 1. The Morgan fingerprint density at radius 2 is 2.06 bits per heavy atom. The van der Waals surface area contributed by atoms with E-state index in [1.807, 2.05) is 0 Å². The summed E-state index contributed by atoms with van der Waals surface area (Å²) in [5.74, 6) is -0.295. The summed E-state index contributed by atoms with van der Waals surface area (Å²) in [5, 5.41) is 0. The van der Waals surface area contributed by atoms with Crippen LogP contribution in [0.2, 0.25) is 0 Å². The quantitative estimate of drug-likeness (QED) is 0.795. The number of alkyl halides is 3. The van der Waals surface area contributed by atoms with E-state index >= 15 is 0 Å². The minimum atomic E-state index is -4.72. The van der Waals surface area contributed by atoms with Crippen molar-refractivity contribution in [1.29, 1.82) is 0 Å². The molecule has 0 amide bonds. The highest BCUT2D eigenvalue weighted by Crippen LogP contribution is 2.31. The summed E-state index contributed by atoms with van der Waals surface area (Å²) in [4.78, 5) is 10.1. The molecule has 0 atom stereocenters. The van der Waals surface area contributed by atoms with Crippen molar-refractivity contribution in [2.45, 2.75) is 19.2 Å². The van der Waals surface area contributed by atoms with Crippen molar-refractivity contribution in [3.8, 4) is 5.75 Å². The molecule has 16 heavy (non-hydrogen) atoms. The van der Waals surface area contributed by atoms with Gasteiger partial charge in [0.05, 0.1) is 4.47 Å². The van der Waals surface area contributed by atoms with Crippen LogP contribution in [0.15, 0.2) is 22.7 Å². The number of carbonyl (C=O) groups is 1. The summed E-state index contributed by atoms with van der Waals surface area (Å²) in [5.41, 5.74) is 0.620. The molecule has 0 heterocycles. The summed E-state index contributed by atoms with van der Waals surface area (Å²) in [6.07, 6.45) is -3.34. The zero-order valence-corrected chi connectivity index (χ0v) is 9.64. The Bertz CT molecular complexity index is 377. The molecule has 0 aliphatic rings. The van der Waals surface area contributed by atoms with Crippen LogP contribution in [-0.2, 0) is 11.2 Å². The number of benzene rings is 1. The molecule has 88 valence electrons. The lowest BCUT2D eigenvalue weighted by Gasteiger charge is -2.11. The van der Waals surface area contributed by atoms with Crippen molar-refractivity contribution < 1.29 is 22.7 Å². The van der Waals surface area contributed by atoms with E-state index < -0.39 is 6.36 Å². The third-order valence-corrected chi connectivity index (χ3v) is 2.43. The maximum Gasteiger partial charge on any atom is 0.573 e. The van der Waals surface area contributed by atoms with Gasteiger partial charge in [-0.15, -0.1) is 13.2 Å². The normalized spacial score (nSPS) is 11.2. The van der Waals surface area contributed by atoms with Crippen molar-refractivity contribution >= 4 is 22.2 Å². The average molecular weight is 297 g/mol. The molecule has 2 nitrogen and oxygen atoms in total. The molecule has 0 spiro atoms. The lowest BCUT2D eigenvalue weighted by Crippen LogP contribution is -2.17. The van der Waals surface area contributed by atoms with E-state index in [1.54, 1.807) is 6.07 Å². The van der Waals surface area contributed by atoms with Crippen molar-refractivity contribution in [3.63, 3.8) is 0 Å². The second-order valence-electron chi connectivity index (χ2n) is 3.02. The molecule has 0 saturated heterocycles. The standard InChI is InChI=1S/C10H8BrF3O2/c11-8-4-3-7(2-1-5-15)6-9(8)16-10(12,13)14/h3-6H,1-2H2. The van der Waals surface area contributed by atoms with E-state index in [9.17, 15) is 18.0 Å². The molecular weight excluding hydrogens is 289 g/mol. The number of carbonyl (C=O) groups excluding carboxylic acids is 1. The molecule has 1 aromatic carbocycles. The number of hydrogen-bond acceptors (Lipinski definition) is 2. The fraction of sp³-hybridized carbons (Fsp3) is 0.300. The van der Waals surface area contributed by atoms with E-state index in [4.69, 9.17) is 0 Å². The second-order valence-corrected chi connectivity index (χ2v) is 3.87. The van der Waals surface area contributed by atoms with Crippen LogP contribution < -0.4 is 4.74 Å². The lowest BCUT2D eigenvalue weighted by atomic mass is 10.1. The molecule has 0 aromatic heterocycles. The molecule has 0 N–H and O–H groups in total. The van der Waals surface area contributed by atoms with Crippen molar-refractivity contribution in [2.24, 2.45) is 0 Å². The van der Waals surface area contributed by atoms with Gasteiger partial charge in [-0.3, -0.25) is 0 Å². The largest absolute Gasteiger partial charge is 0.573 e. The topological polar surface area (TPSA) is 26.3 Å². The van der Waals surface area contributed by atoms with Gasteiger partial charge in [0.2, 0.25) is 0 Å².